The van der Waals surface area contributed by atoms with Crippen molar-refractivity contribution in [3.63, 3.8) is 0 Å². The number of Topliss-reactive ketones (excluding diaryl/α,β-unsaturated/α-hetero) is 1. The van der Waals surface area contributed by atoms with Gasteiger partial charge in [0, 0.05) is 5.41 Å². The monoisotopic (exact) mass is 340 g/mol. The van der Waals surface area contributed by atoms with E-state index in [1.807, 2.05) is 0 Å². The van der Waals surface area contributed by atoms with Crippen molar-refractivity contribution < 1.29 is 19.4 Å². The summed E-state index contributed by atoms with van der Waals surface area (Å²) in [5.74, 6) is -0.659. The van der Waals surface area contributed by atoms with Crippen LogP contribution >= 0.6 is 0 Å². The molecule has 0 saturated carbocycles. The minimum absolute atomic E-state index is 0.131. The Hall–Kier alpha value is -3.02. The number of hydrogen-bond donors (Lipinski definition) is 1. The second-order valence-corrected chi connectivity index (χ2v) is 6.48. The summed E-state index contributed by atoms with van der Waals surface area (Å²) in [4.78, 5) is 24.1. The highest BCUT2D eigenvalue weighted by atomic mass is 16.5. The molecule has 0 amide bonds. The lowest BCUT2D eigenvalue weighted by molar-refractivity contribution is -0.129. The number of hydrogen-bond acceptors (Lipinski definition) is 6. The Labute approximate surface area is 146 Å². The zero-order chi connectivity index (χ0) is 18.4. The van der Waals surface area contributed by atoms with Gasteiger partial charge >= 0.3 is 5.97 Å². The maximum absolute atomic E-state index is 12.2. The third kappa shape index (κ3) is 5.24. The molecule has 2 aromatic rings. The number of benzene rings is 2. The normalized spacial score (nSPS) is 11.5. The van der Waals surface area contributed by atoms with Gasteiger partial charge in [0.25, 0.3) is 0 Å². The molecule has 0 radical (unpaired) electrons. The predicted octanol–water partition coefficient (Wildman–Crippen LogP) is 4.58. The van der Waals surface area contributed by atoms with E-state index in [1.165, 1.54) is 12.1 Å². The lowest BCUT2D eigenvalue weighted by atomic mass is 9.91. The SMILES string of the molecule is CC(C)(C)C(=O)COC(=O)c1ccccc1N=Nc1ccc(O)cc1. The number of carbonyl (C=O) groups excluding carboxylic acids is 2. The number of ketones is 1. The van der Waals surface area contributed by atoms with E-state index in [0.29, 0.717) is 11.4 Å². The van der Waals surface area contributed by atoms with Gasteiger partial charge in [0.15, 0.2) is 12.4 Å². The summed E-state index contributed by atoms with van der Waals surface area (Å²) in [6.07, 6.45) is 0. The van der Waals surface area contributed by atoms with Gasteiger partial charge in [0.05, 0.1) is 11.3 Å². The van der Waals surface area contributed by atoms with Gasteiger partial charge in [-0.1, -0.05) is 32.9 Å². The predicted molar refractivity (Wildman–Crippen MR) is 93.5 cm³/mol. The van der Waals surface area contributed by atoms with Crippen molar-refractivity contribution in [2.45, 2.75) is 20.8 Å². The number of carbonyl (C=O) groups is 2. The Morgan fingerprint density at radius 1 is 1.00 bits per heavy atom. The zero-order valence-corrected chi connectivity index (χ0v) is 14.4. The van der Waals surface area contributed by atoms with Gasteiger partial charge in [-0.2, -0.15) is 5.11 Å². The van der Waals surface area contributed by atoms with Crippen LogP contribution in [0.15, 0.2) is 58.8 Å². The minimum Gasteiger partial charge on any atom is -0.508 e. The molecule has 6 heteroatoms. The summed E-state index contributed by atoms with van der Waals surface area (Å²) in [5.41, 5.74) is 0.526. The van der Waals surface area contributed by atoms with Crippen LogP contribution in [-0.4, -0.2) is 23.5 Å². The highest BCUT2D eigenvalue weighted by molar-refractivity contribution is 5.96. The lowest BCUT2D eigenvalue weighted by Gasteiger charge is -2.16. The quantitative estimate of drug-likeness (QED) is 0.637. The van der Waals surface area contributed by atoms with Crippen molar-refractivity contribution in [2.75, 3.05) is 6.61 Å². The van der Waals surface area contributed by atoms with Crippen LogP contribution in [0.4, 0.5) is 11.4 Å². The molecule has 0 saturated heterocycles. The maximum Gasteiger partial charge on any atom is 0.340 e. The molecule has 0 spiro atoms. The Kier molecular flexibility index (Phi) is 5.64. The van der Waals surface area contributed by atoms with Crippen LogP contribution in [-0.2, 0) is 9.53 Å². The molecular formula is C19H20N2O4. The number of nitrogens with zero attached hydrogens (tertiary/aromatic N) is 2. The van der Waals surface area contributed by atoms with E-state index in [1.54, 1.807) is 57.2 Å². The fraction of sp³-hybridized carbons (Fsp3) is 0.263. The molecule has 0 aromatic heterocycles. The first-order valence-corrected chi connectivity index (χ1v) is 7.77. The van der Waals surface area contributed by atoms with Gasteiger partial charge in [0.1, 0.15) is 11.4 Å². The Morgan fingerprint density at radius 3 is 2.28 bits per heavy atom. The van der Waals surface area contributed by atoms with E-state index >= 15 is 0 Å². The standard InChI is InChI=1S/C19H20N2O4/c1-19(2,3)17(23)12-25-18(24)15-6-4-5-7-16(15)21-20-13-8-10-14(22)11-9-13/h4-11,22H,12H2,1-3H3. The van der Waals surface area contributed by atoms with Gasteiger partial charge in [-0.05, 0) is 36.4 Å². The molecule has 6 nitrogen and oxygen atoms in total. The fourth-order valence-electron chi connectivity index (χ4n) is 1.79. The molecule has 0 fully saturated rings. The smallest absolute Gasteiger partial charge is 0.340 e. The van der Waals surface area contributed by atoms with Crippen molar-refractivity contribution in [3.05, 3.63) is 54.1 Å². The second-order valence-electron chi connectivity index (χ2n) is 6.48. The van der Waals surface area contributed by atoms with Crippen LogP contribution in [0.2, 0.25) is 0 Å². The average molecular weight is 340 g/mol. The second kappa shape index (κ2) is 7.70. The number of phenols is 1. The van der Waals surface area contributed by atoms with E-state index in [9.17, 15) is 14.7 Å². The first-order valence-electron chi connectivity index (χ1n) is 7.77. The van der Waals surface area contributed by atoms with E-state index < -0.39 is 11.4 Å². The van der Waals surface area contributed by atoms with Gasteiger partial charge in [-0.15, -0.1) is 5.11 Å². The molecule has 2 aromatic carbocycles. The van der Waals surface area contributed by atoms with Crippen molar-refractivity contribution in [2.24, 2.45) is 15.6 Å². The summed E-state index contributed by atoms with van der Waals surface area (Å²) in [7, 11) is 0. The highest BCUT2D eigenvalue weighted by Gasteiger charge is 2.23. The molecule has 0 aliphatic carbocycles. The van der Waals surface area contributed by atoms with Crippen molar-refractivity contribution >= 4 is 23.1 Å². The molecule has 0 heterocycles. The number of ether oxygens (including phenoxy) is 1. The van der Waals surface area contributed by atoms with E-state index in [0.717, 1.165) is 0 Å². The van der Waals surface area contributed by atoms with Crippen LogP contribution in [0, 0.1) is 5.41 Å². The topological polar surface area (TPSA) is 88.3 Å². The molecule has 0 bridgehead atoms. The van der Waals surface area contributed by atoms with E-state index in [2.05, 4.69) is 10.2 Å². The highest BCUT2D eigenvalue weighted by Crippen LogP contribution is 2.24. The van der Waals surface area contributed by atoms with Crippen molar-refractivity contribution in [1.29, 1.82) is 0 Å². The van der Waals surface area contributed by atoms with Crippen LogP contribution < -0.4 is 0 Å². The lowest BCUT2D eigenvalue weighted by Crippen LogP contribution is -2.26. The number of aromatic hydroxyl groups is 1. The molecule has 1 N–H and O–H groups in total. The number of phenolic OH excluding ortho intramolecular Hbond substituents is 1. The molecule has 130 valence electrons. The Morgan fingerprint density at radius 2 is 1.64 bits per heavy atom. The third-order valence-electron chi connectivity index (χ3n) is 3.42. The summed E-state index contributed by atoms with van der Waals surface area (Å²) in [6, 6.07) is 12.8. The van der Waals surface area contributed by atoms with Gasteiger partial charge in [-0.3, -0.25) is 4.79 Å². The Bertz CT molecular complexity index is 790. The van der Waals surface area contributed by atoms with Gasteiger partial charge in [0.2, 0.25) is 0 Å². The van der Waals surface area contributed by atoms with Crippen LogP contribution in [0.25, 0.3) is 0 Å². The fourth-order valence-corrected chi connectivity index (χ4v) is 1.79. The van der Waals surface area contributed by atoms with E-state index in [-0.39, 0.29) is 23.7 Å². The number of esters is 1. The van der Waals surface area contributed by atoms with Crippen LogP contribution in [0.1, 0.15) is 31.1 Å². The van der Waals surface area contributed by atoms with Crippen LogP contribution in [0.5, 0.6) is 5.75 Å². The van der Waals surface area contributed by atoms with Crippen molar-refractivity contribution in [3.8, 4) is 5.75 Å². The number of azo groups is 1. The van der Waals surface area contributed by atoms with Crippen LogP contribution in [0.3, 0.4) is 0 Å². The molecule has 0 unspecified atom stereocenters. The maximum atomic E-state index is 12.2. The molecule has 2 rings (SSSR count). The summed E-state index contributed by atoms with van der Waals surface area (Å²) in [5, 5.41) is 17.4. The summed E-state index contributed by atoms with van der Waals surface area (Å²) < 4.78 is 5.10. The minimum atomic E-state index is -0.627. The van der Waals surface area contributed by atoms with Gasteiger partial charge < -0.3 is 9.84 Å². The van der Waals surface area contributed by atoms with Crippen molar-refractivity contribution in [1.82, 2.24) is 0 Å². The molecule has 0 aliphatic rings. The summed E-state index contributed by atoms with van der Waals surface area (Å²) in [6.45, 7) is 5.01. The van der Waals surface area contributed by atoms with Gasteiger partial charge in [-0.25, -0.2) is 4.79 Å². The molecule has 0 atom stereocenters. The summed E-state index contributed by atoms with van der Waals surface area (Å²) >= 11 is 0. The molecule has 0 aliphatic heterocycles. The largest absolute Gasteiger partial charge is 0.508 e. The Balaban J connectivity index is 2.13. The average Bonchev–Trinajstić information content (AvgIpc) is 2.58. The molecular weight excluding hydrogens is 320 g/mol. The number of rotatable bonds is 5. The zero-order valence-electron chi connectivity index (χ0n) is 14.4. The third-order valence-corrected chi connectivity index (χ3v) is 3.42. The molecule has 25 heavy (non-hydrogen) atoms. The van der Waals surface area contributed by atoms with E-state index in [4.69, 9.17) is 4.74 Å². The first-order chi connectivity index (χ1) is 11.8. The first kappa shape index (κ1) is 18.3.